The van der Waals surface area contributed by atoms with Crippen LogP contribution in [0.15, 0.2) is 12.1 Å². The van der Waals surface area contributed by atoms with Gasteiger partial charge in [-0.05, 0) is 50.5 Å². The molecule has 0 saturated carbocycles. The van der Waals surface area contributed by atoms with Gasteiger partial charge in [0.05, 0.1) is 5.41 Å². The Hall–Kier alpha value is -1.22. The Morgan fingerprint density at radius 3 is 2.83 bits per heavy atom. The summed E-state index contributed by atoms with van der Waals surface area (Å²) >= 11 is 6.08. The SMILES string of the molecule is CC1Cc2cc(Cl)cc(CC(C)(C)C(=O)O)c2O1. The van der Waals surface area contributed by atoms with Crippen molar-refractivity contribution in [2.24, 2.45) is 5.41 Å². The molecule has 0 saturated heterocycles. The highest BCUT2D eigenvalue weighted by Gasteiger charge is 2.31. The van der Waals surface area contributed by atoms with Crippen molar-refractivity contribution in [1.82, 2.24) is 0 Å². The fraction of sp³-hybridized carbons (Fsp3) is 0.500. The van der Waals surface area contributed by atoms with Gasteiger partial charge in [-0.3, -0.25) is 4.79 Å². The average molecular weight is 269 g/mol. The number of fused-ring (bicyclic) bond motifs is 1. The number of halogens is 1. The van der Waals surface area contributed by atoms with Crippen LogP contribution in [-0.4, -0.2) is 17.2 Å². The van der Waals surface area contributed by atoms with Crippen molar-refractivity contribution in [2.45, 2.75) is 39.7 Å². The molecule has 0 amide bonds. The van der Waals surface area contributed by atoms with Gasteiger partial charge >= 0.3 is 5.97 Å². The van der Waals surface area contributed by atoms with Gasteiger partial charge in [0.25, 0.3) is 0 Å². The van der Waals surface area contributed by atoms with Crippen LogP contribution >= 0.6 is 11.6 Å². The first-order valence-electron chi connectivity index (χ1n) is 6.01. The lowest BCUT2D eigenvalue weighted by Gasteiger charge is -2.20. The summed E-state index contributed by atoms with van der Waals surface area (Å²) in [5.74, 6) is 0.00324. The third kappa shape index (κ3) is 2.46. The molecule has 3 nitrogen and oxygen atoms in total. The molecule has 0 spiro atoms. The summed E-state index contributed by atoms with van der Waals surface area (Å²) in [5, 5.41) is 9.84. The number of benzene rings is 1. The lowest BCUT2D eigenvalue weighted by Crippen LogP contribution is -2.26. The van der Waals surface area contributed by atoms with Gasteiger partial charge in [-0.25, -0.2) is 0 Å². The lowest BCUT2D eigenvalue weighted by atomic mass is 9.85. The van der Waals surface area contributed by atoms with Crippen LogP contribution in [0.25, 0.3) is 0 Å². The first-order valence-corrected chi connectivity index (χ1v) is 6.39. The number of rotatable bonds is 3. The number of ether oxygens (including phenoxy) is 1. The predicted molar refractivity (Wildman–Crippen MR) is 70.4 cm³/mol. The molecule has 0 radical (unpaired) electrons. The molecular formula is C14H17ClO3. The Morgan fingerprint density at radius 1 is 1.56 bits per heavy atom. The van der Waals surface area contributed by atoms with E-state index in [9.17, 15) is 9.90 Å². The zero-order valence-electron chi connectivity index (χ0n) is 10.8. The summed E-state index contributed by atoms with van der Waals surface area (Å²) in [6, 6.07) is 3.71. The minimum atomic E-state index is -0.826. The molecule has 2 rings (SSSR count). The largest absolute Gasteiger partial charge is 0.490 e. The number of hydrogen-bond acceptors (Lipinski definition) is 2. The molecule has 1 heterocycles. The molecule has 98 valence electrons. The smallest absolute Gasteiger partial charge is 0.309 e. The third-order valence-electron chi connectivity index (χ3n) is 3.25. The van der Waals surface area contributed by atoms with Crippen LogP contribution in [-0.2, 0) is 17.6 Å². The second-order valence-electron chi connectivity index (χ2n) is 5.55. The van der Waals surface area contributed by atoms with Gasteiger partial charge in [-0.1, -0.05) is 11.6 Å². The summed E-state index contributed by atoms with van der Waals surface area (Å²) in [6.45, 7) is 5.42. The minimum absolute atomic E-state index is 0.130. The van der Waals surface area contributed by atoms with Gasteiger partial charge in [0.1, 0.15) is 11.9 Å². The molecule has 1 unspecified atom stereocenters. The molecule has 18 heavy (non-hydrogen) atoms. The Bertz CT molecular complexity index is 494. The van der Waals surface area contributed by atoms with Crippen LogP contribution in [0, 0.1) is 5.41 Å². The van der Waals surface area contributed by atoms with Gasteiger partial charge in [-0.15, -0.1) is 0 Å². The van der Waals surface area contributed by atoms with Crippen LogP contribution in [0.2, 0.25) is 5.02 Å². The van der Waals surface area contributed by atoms with Crippen molar-refractivity contribution in [3.8, 4) is 5.75 Å². The van der Waals surface area contributed by atoms with Crippen molar-refractivity contribution in [3.63, 3.8) is 0 Å². The van der Waals surface area contributed by atoms with Gasteiger partial charge in [0.15, 0.2) is 0 Å². The number of carboxylic acids is 1. The molecule has 1 aromatic rings. The highest BCUT2D eigenvalue weighted by molar-refractivity contribution is 6.30. The van der Waals surface area contributed by atoms with E-state index in [1.807, 2.05) is 19.1 Å². The van der Waals surface area contributed by atoms with E-state index >= 15 is 0 Å². The van der Waals surface area contributed by atoms with Crippen LogP contribution < -0.4 is 4.74 Å². The Balaban J connectivity index is 2.38. The molecule has 0 aliphatic carbocycles. The lowest BCUT2D eigenvalue weighted by molar-refractivity contribution is -0.146. The monoisotopic (exact) mass is 268 g/mol. The van der Waals surface area contributed by atoms with E-state index in [0.29, 0.717) is 11.4 Å². The van der Waals surface area contributed by atoms with Crippen LogP contribution in [0.3, 0.4) is 0 Å². The quantitative estimate of drug-likeness (QED) is 0.915. The van der Waals surface area contributed by atoms with E-state index in [2.05, 4.69) is 0 Å². The van der Waals surface area contributed by atoms with Crippen LogP contribution in [0.5, 0.6) is 5.75 Å². The summed E-state index contributed by atoms with van der Waals surface area (Å²) < 4.78 is 5.77. The summed E-state index contributed by atoms with van der Waals surface area (Å²) in [6.07, 6.45) is 1.37. The Labute approximate surface area is 112 Å². The van der Waals surface area contributed by atoms with Gasteiger partial charge in [-0.2, -0.15) is 0 Å². The topological polar surface area (TPSA) is 46.5 Å². The van der Waals surface area contributed by atoms with Crippen molar-refractivity contribution >= 4 is 17.6 Å². The molecule has 1 aliphatic rings. The first kappa shape index (κ1) is 13.2. The zero-order valence-corrected chi connectivity index (χ0v) is 11.5. The normalized spacial score (nSPS) is 18.3. The van der Waals surface area contributed by atoms with Gasteiger partial charge < -0.3 is 9.84 Å². The standard InChI is InChI=1S/C14H17ClO3/c1-8-4-9-5-11(15)6-10(12(9)18-8)7-14(2,3)13(16)17/h5-6,8H,4,7H2,1-3H3,(H,16,17). The summed E-state index contributed by atoms with van der Waals surface area (Å²) in [4.78, 5) is 11.2. The molecule has 4 heteroatoms. The summed E-state index contributed by atoms with van der Waals surface area (Å²) in [5.41, 5.74) is 1.13. The molecule has 1 aliphatic heterocycles. The molecule has 0 aromatic heterocycles. The highest BCUT2D eigenvalue weighted by Crippen LogP contribution is 2.38. The number of hydrogen-bond donors (Lipinski definition) is 1. The van der Waals surface area contributed by atoms with E-state index in [-0.39, 0.29) is 6.10 Å². The van der Waals surface area contributed by atoms with Crippen molar-refractivity contribution in [1.29, 1.82) is 0 Å². The molecule has 0 bridgehead atoms. The van der Waals surface area contributed by atoms with E-state index < -0.39 is 11.4 Å². The maximum absolute atomic E-state index is 11.2. The van der Waals surface area contributed by atoms with Gasteiger partial charge in [0, 0.05) is 11.4 Å². The first-order chi connectivity index (χ1) is 8.29. The Morgan fingerprint density at radius 2 is 2.22 bits per heavy atom. The second-order valence-corrected chi connectivity index (χ2v) is 5.99. The van der Waals surface area contributed by atoms with E-state index in [0.717, 1.165) is 23.3 Å². The fourth-order valence-electron chi connectivity index (χ4n) is 2.25. The number of carbonyl (C=O) groups is 1. The Kier molecular flexibility index (Phi) is 3.28. The molecule has 0 fully saturated rings. The number of carboxylic acid groups (broad SMARTS) is 1. The molecule has 1 aromatic carbocycles. The molecule has 1 atom stereocenters. The van der Waals surface area contributed by atoms with Gasteiger partial charge in [0.2, 0.25) is 0 Å². The van der Waals surface area contributed by atoms with Crippen LogP contribution in [0.1, 0.15) is 31.9 Å². The maximum Gasteiger partial charge on any atom is 0.309 e. The van der Waals surface area contributed by atoms with Crippen molar-refractivity contribution < 1.29 is 14.6 Å². The average Bonchev–Trinajstić information content (AvgIpc) is 2.57. The summed E-state index contributed by atoms with van der Waals surface area (Å²) in [7, 11) is 0. The maximum atomic E-state index is 11.2. The van der Waals surface area contributed by atoms with Crippen molar-refractivity contribution in [2.75, 3.05) is 0 Å². The number of aliphatic carboxylic acids is 1. The van der Waals surface area contributed by atoms with Crippen LogP contribution in [0.4, 0.5) is 0 Å². The highest BCUT2D eigenvalue weighted by atomic mass is 35.5. The predicted octanol–water partition coefficient (Wildman–Crippen LogP) is 3.32. The van der Waals surface area contributed by atoms with E-state index in [4.69, 9.17) is 16.3 Å². The van der Waals surface area contributed by atoms with E-state index in [1.54, 1.807) is 13.8 Å². The zero-order chi connectivity index (χ0) is 13.5. The van der Waals surface area contributed by atoms with Crippen molar-refractivity contribution in [3.05, 3.63) is 28.3 Å². The third-order valence-corrected chi connectivity index (χ3v) is 3.46. The minimum Gasteiger partial charge on any atom is -0.490 e. The molecular weight excluding hydrogens is 252 g/mol. The molecule has 1 N–H and O–H groups in total. The fourth-order valence-corrected chi connectivity index (χ4v) is 2.51. The second kappa shape index (κ2) is 4.47. The van der Waals surface area contributed by atoms with E-state index in [1.165, 1.54) is 0 Å².